The predicted octanol–water partition coefficient (Wildman–Crippen LogP) is 3.88. The van der Waals surface area contributed by atoms with Crippen LogP contribution in [0.5, 0.6) is 0 Å². The van der Waals surface area contributed by atoms with Gasteiger partial charge in [0.05, 0.1) is 0 Å². The lowest BCUT2D eigenvalue weighted by Gasteiger charge is -2.37. The van der Waals surface area contributed by atoms with E-state index in [1.165, 1.54) is 12.8 Å². The molecular weight excluding hydrogens is 234 g/mol. The van der Waals surface area contributed by atoms with Gasteiger partial charge < -0.3 is 5.32 Å². The first kappa shape index (κ1) is 14.1. The second-order valence-corrected chi connectivity index (χ2v) is 6.27. The molecule has 2 heteroatoms. The van der Waals surface area contributed by atoms with Gasteiger partial charge in [-0.2, -0.15) is 0 Å². The van der Waals surface area contributed by atoms with Crippen molar-refractivity contribution in [2.75, 3.05) is 0 Å². The number of nitrogens with one attached hydrogen (secondary N) is 1. The summed E-state index contributed by atoms with van der Waals surface area (Å²) in [4.78, 5) is 12.3. The van der Waals surface area contributed by atoms with Crippen molar-refractivity contribution in [3.8, 4) is 0 Å². The van der Waals surface area contributed by atoms with E-state index in [0.717, 1.165) is 17.9 Å². The van der Waals surface area contributed by atoms with Gasteiger partial charge in [0, 0.05) is 11.6 Å². The Labute approximate surface area is 116 Å². The summed E-state index contributed by atoms with van der Waals surface area (Å²) in [5.74, 6) is 2.04. The Kier molecular flexibility index (Phi) is 4.62. The van der Waals surface area contributed by atoms with Crippen molar-refractivity contribution in [3.63, 3.8) is 0 Å². The van der Waals surface area contributed by atoms with Crippen molar-refractivity contribution in [1.82, 2.24) is 5.32 Å². The van der Waals surface area contributed by atoms with E-state index in [4.69, 9.17) is 0 Å². The lowest BCUT2D eigenvalue weighted by molar-refractivity contribution is 0.0868. The Morgan fingerprint density at radius 1 is 1.21 bits per heavy atom. The van der Waals surface area contributed by atoms with Gasteiger partial charge in [-0.1, -0.05) is 45.4 Å². The molecule has 2 rings (SSSR count). The molecule has 1 saturated carbocycles. The number of rotatable bonds is 3. The van der Waals surface area contributed by atoms with Crippen molar-refractivity contribution in [3.05, 3.63) is 35.9 Å². The molecule has 0 radical (unpaired) electrons. The van der Waals surface area contributed by atoms with Crippen LogP contribution in [0.4, 0.5) is 0 Å². The van der Waals surface area contributed by atoms with Gasteiger partial charge in [0.25, 0.3) is 5.91 Å². The van der Waals surface area contributed by atoms with Gasteiger partial charge in [0.2, 0.25) is 0 Å². The summed E-state index contributed by atoms with van der Waals surface area (Å²) in [6, 6.07) is 9.86. The Bertz CT molecular complexity index is 413. The molecule has 1 fully saturated rings. The van der Waals surface area contributed by atoms with Crippen LogP contribution in [0, 0.1) is 17.8 Å². The molecule has 1 amide bonds. The molecule has 0 bridgehead atoms. The quantitative estimate of drug-likeness (QED) is 0.877. The highest BCUT2D eigenvalue weighted by atomic mass is 16.1. The van der Waals surface area contributed by atoms with Gasteiger partial charge in [-0.3, -0.25) is 4.79 Å². The highest BCUT2D eigenvalue weighted by molar-refractivity contribution is 5.94. The van der Waals surface area contributed by atoms with E-state index in [1.54, 1.807) is 0 Å². The Balaban J connectivity index is 2.04. The van der Waals surface area contributed by atoms with Crippen LogP contribution in [0.25, 0.3) is 0 Å². The number of carbonyl (C=O) groups excluding carboxylic acids is 1. The maximum absolute atomic E-state index is 12.3. The van der Waals surface area contributed by atoms with Crippen LogP contribution in [-0.2, 0) is 0 Å². The van der Waals surface area contributed by atoms with Gasteiger partial charge in [0.15, 0.2) is 0 Å². The second kappa shape index (κ2) is 6.23. The Morgan fingerprint density at radius 3 is 2.53 bits per heavy atom. The monoisotopic (exact) mass is 259 g/mol. The SMILES string of the molecule is CC(C)[C@H]1CC[C@@H](C)C[C@H]1NC(=O)c1ccccc1. The average molecular weight is 259 g/mol. The average Bonchev–Trinajstić information content (AvgIpc) is 2.39. The van der Waals surface area contributed by atoms with Gasteiger partial charge in [-0.15, -0.1) is 0 Å². The third-order valence-electron chi connectivity index (χ3n) is 4.37. The van der Waals surface area contributed by atoms with E-state index in [-0.39, 0.29) is 5.91 Å². The molecule has 2 nitrogen and oxygen atoms in total. The number of hydrogen-bond donors (Lipinski definition) is 1. The Morgan fingerprint density at radius 2 is 1.89 bits per heavy atom. The second-order valence-electron chi connectivity index (χ2n) is 6.27. The van der Waals surface area contributed by atoms with Crippen molar-refractivity contribution in [1.29, 1.82) is 0 Å². The van der Waals surface area contributed by atoms with E-state index in [9.17, 15) is 4.79 Å². The fraction of sp³-hybridized carbons (Fsp3) is 0.588. The molecule has 1 aromatic carbocycles. The normalized spacial score (nSPS) is 27.3. The highest BCUT2D eigenvalue weighted by Gasteiger charge is 2.31. The number of hydrogen-bond acceptors (Lipinski definition) is 1. The molecule has 0 spiro atoms. The van der Waals surface area contributed by atoms with E-state index in [0.29, 0.717) is 17.9 Å². The zero-order valence-electron chi connectivity index (χ0n) is 12.2. The number of benzene rings is 1. The van der Waals surface area contributed by atoms with Gasteiger partial charge in [-0.25, -0.2) is 0 Å². The molecular formula is C17H25NO. The molecule has 1 aliphatic carbocycles. The number of carbonyl (C=O) groups is 1. The van der Waals surface area contributed by atoms with E-state index in [2.05, 4.69) is 26.1 Å². The fourth-order valence-electron chi connectivity index (χ4n) is 3.21. The zero-order chi connectivity index (χ0) is 13.8. The zero-order valence-corrected chi connectivity index (χ0v) is 12.2. The van der Waals surface area contributed by atoms with Crippen LogP contribution in [0.15, 0.2) is 30.3 Å². The van der Waals surface area contributed by atoms with Crippen LogP contribution in [-0.4, -0.2) is 11.9 Å². The smallest absolute Gasteiger partial charge is 0.251 e. The van der Waals surface area contributed by atoms with Gasteiger partial charge in [-0.05, 0) is 42.7 Å². The standard InChI is InChI=1S/C17H25NO/c1-12(2)15-10-9-13(3)11-16(15)18-17(19)14-7-5-4-6-8-14/h4-8,12-13,15-16H,9-11H2,1-3H3,(H,18,19)/t13-,15-,16-/m1/s1. The minimum absolute atomic E-state index is 0.0744. The molecule has 0 saturated heterocycles. The summed E-state index contributed by atoms with van der Waals surface area (Å²) in [6.07, 6.45) is 3.64. The summed E-state index contributed by atoms with van der Waals surface area (Å²) in [5, 5.41) is 3.26. The maximum Gasteiger partial charge on any atom is 0.251 e. The molecule has 0 heterocycles. The third-order valence-corrected chi connectivity index (χ3v) is 4.37. The van der Waals surface area contributed by atoms with Crippen LogP contribution in [0.2, 0.25) is 0 Å². The summed E-state index contributed by atoms with van der Waals surface area (Å²) in [5.41, 5.74) is 0.767. The van der Waals surface area contributed by atoms with Crippen LogP contribution < -0.4 is 5.32 Å². The number of amides is 1. The van der Waals surface area contributed by atoms with Gasteiger partial charge >= 0.3 is 0 Å². The van der Waals surface area contributed by atoms with Crippen molar-refractivity contribution >= 4 is 5.91 Å². The van der Waals surface area contributed by atoms with Crippen molar-refractivity contribution < 1.29 is 4.79 Å². The molecule has 3 atom stereocenters. The Hall–Kier alpha value is -1.31. The van der Waals surface area contributed by atoms with Crippen LogP contribution in [0.1, 0.15) is 50.4 Å². The molecule has 0 unspecified atom stereocenters. The van der Waals surface area contributed by atoms with Crippen molar-refractivity contribution in [2.24, 2.45) is 17.8 Å². The van der Waals surface area contributed by atoms with E-state index >= 15 is 0 Å². The maximum atomic E-state index is 12.3. The summed E-state index contributed by atoms with van der Waals surface area (Å²) in [7, 11) is 0. The molecule has 1 N–H and O–H groups in total. The first-order chi connectivity index (χ1) is 9.08. The van der Waals surface area contributed by atoms with Crippen molar-refractivity contribution in [2.45, 2.75) is 46.1 Å². The minimum atomic E-state index is 0.0744. The molecule has 19 heavy (non-hydrogen) atoms. The summed E-state index contributed by atoms with van der Waals surface area (Å²) >= 11 is 0. The first-order valence-corrected chi connectivity index (χ1v) is 7.44. The minimum Gasteiger partial charge on any atom is -0.349 e. The molecule has 0 aromatic heterocycles. The topological polar surface area (TPSA) is 29.1 Å². The van der Waals surface area contributed by atoms with E-state index in [1.807, 2.05) is 30.3 Å². The summed E-state index contributed by atoms with van der Waals surface area (Å²) < 4.78 is 0. The van der Waals surface area contributed by atoms with E-state index < -0.39 is 0 Å². The van der Waals surface area contributed by atoms with Crippen LogP contribution >= 0.6 is 0 Å². The molecule has 104 valence electrons. The lowest BCUT2D eigenvalue weighted by Crippen LogP contribution is -2.45. The predicted molar refractivity (Wildman–Crippen MR) is 79.0 cm³/mol. The molecule has 1 aromatic rings. The fourth-order valence-corrected chi connectivity index (χ4v) is 3.21. The molecule has 0 aliphatic heterocycles. The summed E-state index contributed by atoms with van der Waals surface area (Å²) in [6.45, 7) is 6.82. The first-order valence-electron chi connectivity index (χ1n) is 7.44. The molecule has 1 aliphatic rings. The largest absolute Gasteiger partial charge is 0.349 e. The third kappa shape index (κ3) is 3.59. The highest BCUT2D eigenvalue weighted by Crippen LogP contribution is 2.33. The van der Waals surface area contributed by atoms with Crippen LogP contribution in [0.3, 0.4) is 0 Å². The van der Waals surface area contributed by atoms with Gasteiger partial charge in [0.1, 0.15) is 0 Å². The lowest BCUT2D eigenvalue weighted by atomic mass is 9.74.